The van der Waals surface area contributed by atoms with Gasteiger partial charge in [-0.15, -0.1) is 18.2 Å². The van der Waals surface area contributed by atoms with Gasteiger partial charge in [-0.2, -0.15) is 0 Å². The van der Waals surface area contributed by atoms with Crippen LogP contribution in [-0.4, -0.2) is 28.3 Å². The minimum atomic E-state index is 0.0867. The lowest BCUT2D eigenvalue weighted by atomic mass is 10.5. The van der Waals surface area contributed by atoms with Crippen molar-refractivity contribution in [2.24, 2.45) is 5.28 Å². The fraction of sp³-hybridized carbons (Fsp3) is 0.333. The number of nitrogens with zero attached hydrogens (tertiary/aromatic N) is 3. The van der Waals surface area contributed by atoms with E-state index in [1.54, 1.807) is 0 Å². The molecule has 0 spiro atoms. The second kappa shape index (κ2) is 5.28. The second-order valence-corrected chi connectivity index (χ2v) is 1.79. The standard InChI is InChI=1S/C6H11N3O2/c1-3-5-8(6-4-2)9(11)7-10/h3-4,10H,1-2,5-6H2. The Bertz CT molecular complexity index is 157. The normalized spacial score (nSPS) is 10.7. The zero-order valence-corrected chi connectivity index (χ0v) is 6.18. The van der Waals surface area contributed by atoms with Crippen molar-refractivity contribution in [3.8, 4) is 0 Å². The van der Waals surface area contributed by atoms with Crippen LogP contribution in [0.5, 0.6) is 0 Å². The molecule has 0 rings (SSSR count). The Morgan fingerprint density at radius 2 is 1.91 bits per heavy atom. The van der Waals surface area contributed by atoms with Gasteiger partial charge >= 0.3 is 0 Å². The highest BCUT2D eigenvalue weighted by atomic mass is 16.6. The van der Waals surface area contributed by atoms with E-state index in [2.05, 4.69) is 18.4 Å². The van der Waals surface area contributed by atoms with Gasteiger partial charge in [-0.3, -0.25) is 0 Å². The number of hydrogen-bond acceptors (Lipinski definition) is 2. The Kier molecular flexibility index (Phi) is 4.55. The van der Waals surface area contributed by atoms with Crippen LogP contribution >= 0.6 is 0 Å². The molecule has 0 unspecified atom stereocenters. The molecule has 5 heteroatoms. The quantitative estimate of drug-likeness (QED) is 0.279. The van der Waals surface area contributed by atoms with E-state index in [1.807, 2.05) is 0 Å². The Labute approximate surface area is 65.1 Å². The van der Waals surface area contributed by atoms with Gasteiger partial charge in [-0.25, -0.2) is 0 Å². The first kappa shape index (κ1) is 9.48. The average Bonchev–Trinajstić information content (AvgIpc) is 2.03. The van der Waals surface area contributed by atoms with Crippen LogP contribution < -0.4 is 0 Å². The van der Waals surface area contributed by atoms with Gasteiger partial charge in [0, 0.05) is 0 Å². The Balaban J connectivity index is 4.07. The van der Waals surface area contributed by atoms with Gasteiger partial charge in [0.15, 0.2) is 0 Å². The molecule has 1 N–H and O–H groups in total. The molecular weight excluding hydrogens is 146 g/mol. The second-order valence-electron chi connectivity index (χ2n) is 1.79. The van der Waals surface area contributed by atoms with Crippen molar-refractivity contribution in [1.29, 1.82) is 0 Å². The minimum absolute atomic E-state index is 0.0867. The first-order chi connectivity index (χ1) is 5.26. The van der Waals surface area contributed by atoms with Crippen molar-refractivity contribution in [2.75, 3.05) is 13.1 Å². The summed E-state index contributed by atoms with van der Waals surface area (Å²) in [6, 6.07) is 0. The van der Waals surface area contributed by atoms with Crippen molar-refractivity contribution >= 4 is 0 Å². The van der Waals surface area contributed by atoms with Crippen LogP contribution in [0.4, 0.5) is 0 Å². The molecule has 0 heterocycles. The molecule has 62 valence electrons. The van der Waals surface area contributed by atoms with E-state index in [0.29, 0.717) is 13.1 Å². The first-order valence-corrected chi connectivity index (χ1v) is 3.05. The Morgan fingerprint density at radius 1 is 1.45 bits per heavy atom. The number of rotatable bonds is 5. The third-order valence-electron chi connectivity index (χ3n) is 0.998. The van der Waals surface area contributed by atoms with E-state index in [0.717, 1.165) is 0 Å². The van der Waals surface area contributed by atoms with Crippen LogP contribution in [0.15, 0.2) is 30.6 Å². The molecule has 0 aromatic carbocycles. The first-order valence-electron chi connectivity index (χ1n) is 3.05. The molecule has 0 atom stereocenters. The molecule has 0 aromatic rings. The van der Waals surface area contributed by atoms with Crippen molar-refractivity contribution in [1.82, 2.24) is 5.01 Å². The van der Waals surface area contributed by atoms with Crippen molar-refractivity contribution < 1.29 is 10.2 Å². The summed E-state index contributed by atoms with van der Waals surface area (Å²) < 4.78 is 0. The molecule has 0 bridgehead atoms. The fourth-order valence-corrected chi connectivity index (χ4v) is 0.569. The topological polar surface area (TPSA) is 61.9 Å². The zero-order chi connectivity index (χ0) is 8.69. The van der Waals surface area contributed by atoms with Crippen molar-refractivity contribution in [3.05, 3.63) is 30.5 Å². The summed E-state index contributed by atoms with van der Waals surface area (Å²) in [7, 11) is 0. The molecule has 11 heavy (non-hydrogen) atoms. The maximum absolute atomic E-state index is 10.6. The lowest BCUT2D eigenvalue weighted by Gasteiger charge is -2.12. The SMILES string of the molecule is C=CCN(CC=C)[N+]([O-])=NO. The molecule has 0 aliphatic rings. The predicted octanol–water partition coefficient (Wildman–Crippen LogP) is 0.927. The van der Waals surface area contributed by atoms with Gasteiger partial charge in [-0.05, 0) is 0 Å². The minimum Gasteiger partial charge on any atom is -0.569 e. The van der Waals surface area contributed by atoms with Crippen LogP contribution in [0.25, 0.3) is 0 Å². The lowest BCUT2D eigenvalue weighted by molar-refractivity contribution is -0.706. The molecule has 0 radical (unpaired) electrons. The van der Waals surface area contributed by atoms with Crippen molar-refractivity contribution in [3.63, 3.8) is 0 Å². The molecule has 0 aliphatic carbocycles. The largest absolute Gasteiger partial charge is 0.569 e. The smallest absolute Gasteiger partial charge is 0.230 e. The fourth-order valence-electron chi connectivity index (χ4n) is 0.569. The van der Waals surface area contributed by atoms with Crippen LogP contribution in [0.1, 0.15) is 0 Å². The van der Waals surface area contributed by atoms with E-state index in [4.69, 9.17) is 5.21 Å². The van der Waals surface area contributed by atoms with E-state index in [1.165, 1.54) is 17.2 Å². The molecule has 0 aliphatic heterocycles. The molecular formula is C6H11N3O2. The van der Waals surface area contributed by atoms with Gasteiger partial charge in [0.1, 0.15) is 0 Å². The summed E-state index contributed by atoms with van der Waals surface area (Å²) in [5.41, 5.74) is 0. The van der Waals surface area contributed by atoms with Crippen LogP contribution in [-0.2, 0) is 0 Å². The summed E-state index contributed by atoms with van der Waals surface area (Å²) in [6.45, 7) is 7.51. The summed E-state index contributed by atoms with van der Waals surface area (Å²) in [5, 5.41) is 22.4. The van der Waals surface area contributed by atoms with Gasteiger partial charge in [0.2, 0.25) is 5.28 Å². The van der Waals surface area contributed by atoms with Gasteiger partial charge < -0.3 is 10.4 Å². The lowest BCUT2D eigenvalue weighted by Crippen LogP contribution is -2.30. The molecule has 0 amide bonds. The van der Waals surface area contributed by atoms with Gasteiger partial charge in [0.25, 0.3) is 0 Å². The van der Waals surface area contributed by atoms with E-state index in [9.17, 15) is 5.21 Å². The van der Waals surface area contributed by atoms with E-state index >= 15 is 0 Å². The Morgan fingerprint density at radius 3 is 2.18 bits per heavy atom. The molecule has 5 nitrogen and oxygen atoms in total. The van der Waals surface area contributed by atoms with Crippen molar-refractivity contribution in [2.45, 2.75) is 0 Å². The third-order valence-corrected chi connectivity index (χ3v) is 0.998. The van der Waals surface area contributed by atoms with Gasteiger partial charge in [0.05, 0.1) is 18.1 Å². The summed E-state index contributed by atoms with van der Waals surface area (Å²) in [4.78, 5) is 0.0867. The summed E-state index contributed by atoms with van der Waals surface area (Å²) >= 11 is 0. The number of hydrazine groups is 1. The molecule has 0 fully saturated rings. The summed E-state index contributed by atoms with van der Waals surface area (Å²) in [5.74, 6) is 0. The van der Waals surface area contributed by atoms with Crippen LogP contribution in [0, 0.1) is 5.21 Å². The maximum atomic E-state index is 10.6. The van der Waals surface area contributed by atoms with Gasteiger partial charge in [-0.1, -0.05) is 12.2 Å². The molecule has 0 aromatic heterocycles. The zero-order valence-electron chi connectivity index (χ0n) is 6.18. The molecule has 0 saturated heterocycles. The highest BCUT2D eigenvalue weighted by Gasteiger charge is 2.06. The highest BCUT2D eigenvalue weighted by molar-refractivity contribution is 4.74. The maximum Gasteiger partial charge on any atom is 0.230 e. The predicted molar refractivity (Wildman–Crippen MR) is 39.8 cm³/mol. The Hall–Kier alpha value is -1.52. The van der Waals surface area contributed by atoms with Crippen LogP contribution in [0.3, 0.4) is 0 Å². The molecule has 0 saturated carbocycles. The third kappa shape index (κ3) is 3.24. The average molecular weight is 157 g/mol. The number of hydrogen-bond donors (Lipinski definition) is 1. The highest BCUT2D eigenvalue weighted by Crippen LogP contribution is 1.89. The van der Waals surface area contributed by atoms with E-state index in [-0.39, 0.29) is 4.97 Å². The van der Waals surface area contributed by atoms with Crippen LogP contribution in [0.2, 0.25) is 0 Å². The summed E-state index contributed by atoms with van der Waals surface area (Å²) in [6.07, 6.45) is 3.05. The van der Waals surface area contributed by atoms with E-state index < -0.39 is 0 Å². The monoisotopic (exact) mass is 157 g/mol.